The van der Waals surface area contributed by atoms with Crippen LogP contribution >= 0.6 is 0 Å². The predicted molar refractivity (Wildman–Crippen MR) is 116 cm³/mol. The summed E-state index contributed by atoms with van der Waals surface area (Å²) in [6, 6.07) is 16.2. The second-order valence-electron chi connectivity index (χ2n) is 8.31. The van der Waals surface area contributed by atoms with Crippen LogP contribution in [0.15, 0.2) is 48.5 Å². The molecule has 1 fully saturated rings. The van der Waals surface area contributed by atoms with E-state index in [-0.39, 0.29) is 36.8 Å². The van der Waals surface area contributed by atoms with Gasteiger partial charge in [-0.15, -0.1) is 0 Å². The molecule has 2 amide bonds. The van der Waals surface area contributed by atoms with Gasteiger partial charge in [0.1, 0.15) is 6.61 Å². The molecule has 3 atom stereocenters. The molecular weight excluding hydrogens is 412 g/mol. The normalized spacial score (nSPS) is 19.4. The highest BCUT2D eigenvalue weighted by Gasteiger charge is 2.43. The first-order valence-corrected chi connectivity index (χ1v) is 10.7. The van der Waals surface area contributed by atoms with Crippen molar-refractivity contribution in [3.8, 4) is 11.1 Å². The zero-order valence-corrected chi connectivity index (χ0v) is 17.5. The lowest BCUT2D eigenvalue weighted by Crippen LogP contribution is -2.35. The molecule has 0 bridgehead atoms. The molecule has 2 aliphatic rings. The number of carbonyl (C=O) groups excluding carboxylic acids is 2. The number of hydrogen-bond acceptors (Lipinski definition) is 5. The van der Waals surface area contributed by atoms with Crippen molar-refractivity contribution in [2.45, 2.75) is 24.9 Å². The summed E-state index contributed by atoms with van der Waals surface area (Å²) in [5.74, 6) is -1.62. The average molecular weight is 438 g/mol. The van der Waals surface area contributed by atoms with Gasteiger partial charge in [0.25, 0.3) is 0 Å². The summed E-state index contributed by atoms with van der Waals surface area (Å²) in [7, 11) is 0. The topological polar surface area (TPSA) is 125 Å². The maximum atomic E-state index is 12.2. The van der Waals surface area contributed by atoms with Crippen molar-refractivity contribution in [2.24, 2.45) is 11.8 Å². The smallest absolute Gasteiger partial charge is 0.407 e. The van der Waals surface area contributed by atoms with Crippen molar-refractivity contribution in [2.75, 3.05) is 19.7 Å². The Balaban J connectivity index is 1.21. The van der Waals surface area contributed by atoms with Crippen LogP contribution in [-0.2, 0) is 14.3 Å². The van der Waals surface area contributed by atoms with Crippen LogP contribution in [0.5, 0.6) is 0 Å². The standard InChI is InChI=1S/C24H26N2O6/c27-15(10-22(28)29)12-25-23(30)20-9-14(20)11-26-24(31)32-13-21-18-7-3-1-5-16(18)17-6-2-4-8-19(17)21/h1-8,14-15,20-21,27H,9-13H2,(H,25,30)(H,26,31)(H,28,29)/t14-,15?,20-/m1/s1. The number of hydrogen-bond donors (Lipinski definition) is 4. The molecule has 8 nitrogen and oxygen atoms in total. The number of aliphatic hydroxyl groups is 1. The van der Waals surface area contributed by atoms with Crippen molar-refractivity contribution >= 4 is 18.0 Å². The number of benzene rings is 2. The molecule has 1 unspecified atom stereocenters. The second-order valence-corrected chi connectivity index (χ2v) is 8.31. The van der Waals surface area contributed by atoms with Crippen molar-refractivity contribution in [3.63, 3.8) is 0 Å². The summed E-state index contributed by atoms with van der Waals surface area (Å²) in [6.07, 6.45) is -1.43. The van der Waals surface area contributed by atoms with E-state index in [1.165, 1.54) is 0 Å². The van der Waals surface area contributed by atoms with Gasteiger partial charge in [0.2, 0.25) is 5.91 Å². The number of carboxylic acid groups (broad SMARTS) is 1. The van der Waals surface area contributed by atoms with Gasteiger partial charge in [-0.3, -0.25) is 9.59 Å². The number of aliphatic hydroxyl groups excluding tert-OH is 1. The molecule has 2 aromatic rings. The zero-order valence-electron chi connectivity index (χ0n) is 17.5. The second kappa shape index (κ2) is 9.40. The van der Waals surface area contributed by atoms with E-state index < -0.39 is 24.6 Å². The summed E-state index contributed by atoms with van der Waals surface area (Å²) in [5, 5.41) is 23.4. The third-order valence-electron chi connectivity index (χ3n) is 6.03. The van der Waals surface area contributed by atoms with Crippen LogP contribution in [0.25, 0.3) is 11.1 Å². The number of aliphatic carboxylic acids is 1. The number of carboxylic acids is 1. The van der Waals surface area contributed by atoms with Crippen LogP contribution in [0.4, 0.5) is 4.79 Å². The van der Waals surface area contributed by atoms with E-state index in [2.05, 4.69) is 34.9 Å². The number of nitrogens with one attached hydrogen (secondary N) is 2. The van der Waals surface area contributed by atoms with Gasteiger partial charge in [0, 0.05) is 24.9 Å². The van der Waals surface area contributed by atoms with E-state index in [4.69, 9.17) is 9.84 Å². The Hall–Kier alpha value is -3.39. The fraction of sp³-hybridized carbons (Fsp3) is 0.375. The van der Waals surface area contributed by atoms with Crippen LogP contribution in [0.3, 0.4) is 0 Å². The summed E-state index contributed by atoms with van der Waals surface area (Å²) in [4.78, 5) is 34.8. The molecule has 32 heavy (non-hydrogen) atoms. The fourth-order valence-corrected chi connectivity index (χ4v) is 4.28. The lowest BCUT2D eigenvalue weighted by molar-refractivity contribution is -0.139. The minimum atomic E-state index is -1.12. The molecule has 4 N–H and O–H groups in total. The quantitative estimate of drug-likeness (QED) is 0.475. The van der Waals surface area contributed by atoms with Gasteiger partial charge >= 0.3 is 12.1 Å². The number of carbonyl (C=O) groups is 3. The van der Waals surface area contributed by atoms with Crippen molar-refractivity contribution in [1.29, 1.82) is 0 Å². The molecule has 0 spiro atoms. The monoisotopic (exact) mass is 438 g/mol. The van der Waals surface area contributed by atoms with Crippen LogP contribution in [0.1, 0.15) is 29.9 Å². The number of alkyl carbamates (subject to hydrolysis) is 1. The minimum Gasteiger partial charge on any atom is -0.481 e. The summed E-state index contributed by atoms with van der Waals surface area (Å²) in [6.45, 7) is 0.455. The molecule has 0 saturated heterocycles. The Morgan fingerprint density at radius 3 is 2.25 bits per heavy atom. The van der Waals surface area contributed by atoms with E-state index in [1.807, 2.05) is 24.3 Å². The SMILES string of the molecule is O=C(O)CC(O)CNC(=O)[C@@H]1C[C@@H]1CNC(=O)OCC1c2ccccc2-c2ccccc21. The van der Waals surface area contributed by atoms with Gasteiger partial charge in [-0.25, -0.2) is 4.79 Å². The Morgan fingerprint density at radius 2 is 1.62 bits per heavy atom. The molecule has 8 heteroatoms. The first kappa shape index (κ1) is 21.8. The molecule has 2 aromatic carbocycles. The van der Waals surface area contributed by atoms with Crippen LogP contribution in [0, 0.1) is 11.8 Å². The van der Waals surface area contributed by atoms with Crippen molar-refractivity contribution in [1.82, 2.24) is 10.6 Å². The van der Waals surface area contributed by atoms with E-state index in [9.17, 15) is 19.5 Å². The maximum Gasteiger partial charge on any atom is 0.407 e. The van der Waals surface area contributed by atoms with E-state index in [0.717, 1.165) is 22.3 Å². The molecule has 1 saturated carbocycles. The Morgan fingerprint density at radius 1 is 1.00 bits per heavy atom. The van der Waals surface area contributed by atoms with Crippen LogP contribution < -0.4 is 10.6 Å². The van der Waals surface area contributed by atoms with Gasteiger partial charge in [-0.2, -0.15) is 0 Å². The maximum absolute atomic E-state index is 12.2. The molecule has 4 rings (SSSR count). The van der Waals surface area contributed by atoms with Gasteiger partial charge < -0.3 is 25.6 Å². The van der Waals surface area contributed by atoms with Gasteiger partial charge in [0.05, 0.1) is 12.5 Å². The largest absolute Gasteiger partial charge is 0.481 e. The molecule has 0 heterocycles. The number of rotatable bonds is 9. The van der Waals surface area contributed by atoms with E-state index >= 15 is 0 Å². The summed E-state index contributed by atoms with van der Waals surface area (Å²) >= 11 is 0. The summed E-state index contributed by atoms with van der Waals surface area (Å²) < 4.78 is 5.49. The van der Waals surface area contributed by atoms with E-state index in [0.29, 0.717) is 13.0 Å². The first-order chi connectivity index (χ1) is 15.4. The lowest BCUT2D eigenvalue weighted by Gasteiger charge is -2.14. The minimum absolute atomic E-state index is 0.00657. The third-order valence-corrected chi connectivity index (χ3v) is 6.03. The van der Waals surface area contributed by atoms with Crippen LogP contribution in [0.2, 0.25) is 0 Å². The molecular formula is C24H26N2O6. The summed E-state index contributed by atoms with van der Waals surface area (Å²) in [5.41, 5.74) is 4.62. The third kappa shape index (κ3) is 4.91. The van der Waals surface area contributed by atoms with Crippen molar-refractivity contribution < 1.29 is 29.3 Å². The highest BCUT2D eigenvalue weighted by molar-refractivity contribution is 5.82. The number of amides is 2. The number of fused-ring (bicyclic) bond motifs is 3. The van der Waals surface area contributed by atoms with Gasteiger partial charge in [-0.1, -0.05) is 48.5 Å². The number of ether oxygens (including phenoxy) is 1. The Kier molecular flexibility index (Phi) is 6.41. The molecule has 0 aliphatic heterocycles. The zero-order chi connectivity index (χ0) is 22.7. The molecule has 2 aliphatic carbocycles. The highest BCUT2D eigenvalue weighted by atomic mass is 16.5. The molecule has 168 valence electrons. The molecule has 0 radical (unpaired) electrons. The van der Waals surface area contributed by atoms with Gasteiger partial charge in [-0.05, 0) is 34.6 Å². The van der Waals surface area contributed by atoms with E-state index in [1.54, 1.807) is 0 Å². The average Bonchev–Trinajstić information content (AvgIpc) is 3.49. The van der Waals surface area contributed by atoms with Crippen molar-refractivity contribution in [3.05, 3.63) is 59.7 Å². The Bertz CT molecular complexity index is 978. The Labute approximate surface area is 185 Å². The lowest BCUT2D eigenvalue weighted by atomic mass is 9.98. The van der Waals surface area contributed by atoms with Gasteiger partial charge in [0.15, 0.2) is 0 Å². The fourth-order valence-electron chi connectivity index (χ4n) is 4.28. The highest BCUT2D eigenvalue weighted by Crippen LogP contribution is 2.44. The molecule has 0 aromatic heterocycles. The van der Waals surface area contributed by atoms with Crippen LogP contribution in [-0.4, -0.2) is 54.0 Å². The first-order valence-electron chi connectivity index (χ1n) is 10.7. The predicted octanol–water partition coefficient (Wildman–Crippen LogP) is 2.11.